The molecule has 0 bridgehead atoms. The largest absolute Gasteiger partial charge is 0.439 e. The molecule has 1 aliphatic rings. The number of rotatable bonds is 6. The fourth-order valence-electron chi connectivity index (χ4n) is 2.94. The van der Waals surface area contributed by atoms with Crippen LogP contribution in [0.1, 0.15) is 29.5 Å². The van der Waals surface area contributed by atoms with Crippen LogP contribution in [0.2, 0.25) is 0 Å². The lowest BCUT2D eigenvalue weighted by atomic mass is 10.1. The van der Waals surface area contributed by atoms with Gasteiger partial charge in [-0.05, 0) is 55.5 Å². The zero-order valence-corrected chi connectivity index (χ0v) is 15.2. The van der Waals surface area contributed by atoms with Crippen molar-refractivity contribution in [3.05, 3.63) is 53.2 Å². The van der Waals surface area contributed by atoms with Crippen LogP contribution in [-0.2, 0) is 16.1 Å². The van der Waals surface area contributed by atoms with Crippen molar-refractivity contribution in [2.75, 3.05) is 6.54 Å². The van der Waals surface area contributed by atoms with Gasteiger partial charge in [-0.2, -0.15) is 0 Å². The van der Waals surface area contributed by atoms with Crippen molar-refractivity contribution >= 4 is 5.91 Å². The molecule has 2 heterocycles. The van der Waals surface area contributed by atoms with Gasteiger partial charge in [-0.25, -0.2) is 4.98 Å². The van der Waals surface area contributed by atoms with E-state index in [4.69, 9.17) is 15.2 Å². The van der Waals surface area contributed by atoms with Crippen LogP contribution < -0.4 is 15.8 Å². The standard InChI is InChI=1S/C20H25N3O3/c1-13-4-3-5-17(14(13)2)26-19-10-15(8-9-22-19)12-23-20(24)18-7-6-16(11-21)25-18/h3-5,8-10,16,18H,6-7,11-12,21H2,1-2H3,(H,23,24)/t16-,18+/m1/s1. The van der Waals surface area contributed by atoms with Crippen LogP contribution in [0.4, 0.5) is 0 Å². The van der Waals surface area contributed by atoms with Crippen LogP contribution in [0.3, 0.4) is 0 Å². The predicted octanol–water partition coefficient (Wildman–Crippen LogP) is 2.61. The molecule has 1 aliphatic heterocycles. The van der Waals surface area contributed by atoms with Gasteiger partial charge in [0.2, 0.25) is 11.8 Å². The molecule has 1 amide bonds. The molecule has 138 valence electrons. The van der Waals surface area contributed by atoms with Crippen LogP contribution in [0, 0.1) is 13.8 Å². The third-order valence-electron chi connectivity index (χ3n) is 4.70. The summed E-state index contributed by atoms with van der Waals surface area (Å²) in [5.74, 6) is 1.19. The topological polar surface area (TPSA) is 86.5 Å². The van der Waals surface area contributed by atoms with E-state index in [1.807, 2.05) is 44.2 Å². The number of carbonyl (C=O) groups is 1. The molecule has 3 N–H and O–H groups in total. The quantitative estimate of drug-likeness (QED) is 0.832. The van der Waals surface area contributed by atoms with E-state index in [1.165, 1.54) is 5.56 Å². The third-order valence-corrected chi connectivity index (χ3v) is 4.70. The number of nitrogens with two attached hydrogens (primary N) is 1. The zero-order valence-electron chi connectivity index (χ0n) is 15.2. The van der Waals surface area contributed by atoms with Crippen molar-refractivity contribution in [1.29, 1.82) is 0 Å². The van der Waals surface area contributed by atoms with Crippen molar-refractivity contribution in [1.82, 2.24) is 10.3 Å². The Hall–Kier alpha value is -2.44. The molecule has 1 saturated heterocycles. The van der Waals surface area contributed by atoms with Gasteiger partial charge in [-0.1, -0.05) is 12.1 Å². The van der Waals surface area contributed by atoms with E-state index >= 15 is 0 Å². The molecule has 0 spiro atoms. The summed E-state index contributed by atoms with van der Waals surface area (Å²) in [5.41, 5.74) is 8.75. The van der Waals surface area contributed by atoms with Gasteiger partial charge in [-0.15, -0.1) is 0 Å². The van der Waals surface area contributed by atoms with Gasteiger partial charge >= 0.3 is 0 Å². The number of nitrogens with zero attached hydrogens (tertiary/aromatic N) is 1. The summed E-state index contributed by atoms with van der Waals surface area (Å²) in [7, 11) is 0. The summed E-state index contributed by atoms with van der Waals surface area (Å²) in [4.78, 5) is 16.5. The number of benzene rings is 1. The summed E-state index contributed by atoms with van der Waals surface area (Å²) in [6.45, 7) is 4.91. The highest BCUT2D eigenvalue weighted by Gasteiger charge is 2.29. The average Bonchev–Trinajstić information content (AvgIpc) is 3.13. The van der Waals surface area contributed by atoms with Crippen molar-refractivity contribution in [2.45, 2.75) is 45.4 Å². The lowest BCUT2D eigenvalue weighted by Crippen LogP contribution is -2.35. The highest BCUT2D eigenvalue weighted by atomic mass is 16.5. The second-order valence-corrected chi connectivity index (χ2v) is 6.58. The van der Waals surface area contributed by atoms with Crippen molar-refractivity contribution in [2.24, 2.45) is 5.73 Å². The first-order chi connectivity index (χ1) is 12.6. The molecule has 3 rings (SSSR count). The third kappa shape index (κ3) is 4.39. The Labute approximate surface area is 153 Å². The predicted molar refractivity (Wildman–Crippen MR) is 99.0 cm³/mol. The second-order valence-electron chi connectivity index (χ2n) is 6.58. The minimum atomic E-state index is -0.406. The molecule has 6 nitrogen and oxygen atoms in total. The maximum Gasteiger partial charge on any atom is 0.249 e. The molecule has 0 unspecified atom stereocenters. The number of nitrogens with one attached hydrogen (secondary N) is 1. The average molecular weight is 355 g/mol. The van der Waals surface area contributed by atoms with Crippen LogP contribution in [0.5, 0.6) is 11.6 Å². The van der Waals surface area contributed by atoms with E-state index in [2.05, 4.69) is 10.3 Å². The zero-order chi connectivity index (χ0) is 18.5. The van der Waals surface area contributed by atoms with Gasteiger partial charge in [0.15, 0.2) is 0 Å². The highest BCUT2D eigenvalue weighted by Crippen LogP contribution is 2.26. The fraction of sp³-hybridized carbons (Fsp3) is 0.400. The Kier molecular flexibility index (Phi) is 5.85. The Morgan fingerprint density at radius 1 is 1.35 bits per heavy atom. The molecule has 2 aromatic rings. The highest BCUT2D eigenvalue weighted by molar-refractivity contribution is 5.81. The first-order valence-electron chi connectivity index (χ1n) is 8.89. The van der Waals surface area contributed by atoms with E-state index in [9.17, 15) is 4.79 Å². The van der Waals surface area contributed by atoms with Gasteiger partial charge in [0, 0.05) is 25.4 Å². The summed E-state index contributed by atoms with van der Waals surface area (Å²) in [5, 5.41) is 2.91. The van der Waals surface area contributed by atoms with E-state index in [0.717, 1.165) is 23.3 Å². The number of ether oxygens (including phenoxy) is 2. The molecule has 6 heteroatoms. The second kappa shape index (κ2) is 8.29. The molecule has 26 heavy (non-hydrogen) atoms. The van der Waals surface area contributed by atoms with Crippen molar-refractivity contribution < 1.29 is 14.3 Å². The van der Waals surface area contributed by atoms with Crippen LogP contribution in [0.25, 0.3) is 0 Å². The molecule has 1 fully saturated rings. The van der Waals surface area contributed by atoms with E-state index < -0.39 is 6.10 Å². The van der Waals surface area contributed by atoms with Crippen molar-refractivity contribution in [3.8, 4) is 11.6 Å². The maximum absolute atomic E-state index is 12.2. The summed E-state index contributed by atoms with van der Waals surface area (Å²) >= 11 is 0. The normalized spacial score (nSPS) is 19.3. The Balaban J connectivity index is 1.59. The smallest absolute Gasteiger partial charge is 0.249 e. The van der Waals surface area contributed by atoms with Gasteiger partial charge in [-0.3, -0.25) is 4.79 Å². The van der Waals surface area contributed by atoms with Crippen LogP contribution in [-0.4, -0.2) is 29.6 Å². The summed E-state index contributed by atoms with van der Waals surface area (Å²) in [6, 6.07) is 9.61. The van der Waals surface area contributed by atoms with E-state index in [0.29, 0.717) is 25.4 Å². The molecular formula is C20H25N3O3. The molecule has 0 aliphatic carbocycles. The lowest BCUT2D eigenvalue weighted by Gasteiger charge is -2.13. The monoisotopic (exact) mass is 355 g/mol. The lowest BCUT2D eigenvalue weighted by molar-refractivity contribution is -0.132. The number of aromatic nitrogens is 1. The van der Waals surface area contributed by atoms with Gasteiger partial charge in [0.25, 0.3) is 0 Å². The Morgan fingerprint density at radius 3 is 2.96 bits per heavy atom. The number of hydrogen-bond acceptors (Lipinski definition) is 5. The fourth-order valence-corrected chi connectivity index (χ4v) is 2.94. The summed E-state index contributed by atoms with van der Waals surface area (Å²) < 4.78 is 11.5. The number of hydrogen-bond donors (Lipinski definition) is 2. The number of pyridine rings is 1. The van der Waals surface area contributed by atoms with Crippen molar-refractivity contribution in [3.63, 3.8) is 0 Å². The molecule has 0 saturated carbocycles. The molecule has 1 aromatic heterocycles. The first-order valence-corrected chi connectivity index (χ1v) is 8.89. The first kappa shape index (κ1) is 18.4. The molecule has 0 radical (unpaired) electrons. The Bertz CT molecular complexity index is 779. The molecule has 1 aromatic carbocycles. The SMILES string of the molecule is Cc1cccc(Oc2cc(CNC(=O)[C@@H]3CC[C@H](CN)O3)ccn2)c1C. The summed E-state index contributed by atoms with van der Waals surface area (Å²) in [6.07, 6.45) is 2.81. The van der Waals surface area contributed by atoms with Crippen LogP contribution in [0.15, 0.2) is 36.5 Å². The van der Waals surface area contributed by atoms with Gasteiger partial charge < -0.3 is 20.5 Å². The van der Waals surface area contributed by atoms with E-state index in [-0.39, 0.29) is 12.0 Å². The van der Waals surface area contributed by atoms with Gasteiger partial charge in [0.1, 0.15) is 11.9 Å². The number of carbonyl (C=O) groups excluding carboxylic acids is 1. The van der Waals surface area contributed by atoms with Crippen LogP contribution >= 0.6 is 0 Å². The van der Waals surface area contributed by atoms with E-state index in [1.54, 1.807) is 6.20 Å². The minimum absolute atomic E-state index is 0.00996. The number of amides is 1. The minimum Gasteiger partial charge on any atom is -0.439 e. The molecular weight excluding hydrogens is 330 g/mol. The maximum atomic E-state index is 12.2. The number of aryl methyl sites for hydroxylation is 1. The van der Waals surface area contributed by atoms with Gasteiger partial charge in [0.05, 0.1) is 6.10 Å². The molecule has 2 atom stereocenters. The Morgan fingerprint density at radius 2 is 2.19 bits per heavy atom.